The number of likely N-dealkylation sites (tertiary alicyclic amines) is 1. The van der Waals surface area contributed by atoms with Crippen LogP contribution in [-0.2, 0) is 14.8 Å². The zero-order valence-electron chi connectivity index (χ0n) is 15.8. The zero-order chi connectivity index (χ0) is 21.0. The number of hydrogen-bond donors (Lipinski definition) is 3. The van der Waals surface area contributed by atoms with Gasteiger partial charge in [-0.1, -0.05) is 30.3 Å². The molecule has 0 bridgehead atoms. The van der Waals surface area contributed by atoms with Crippen LogP contribution >= 0.6 is 0 Å². The molecule has 3 rings (SSSR count). The Morgan fingerprint density at radius 2 is 1.93 bits per heavy atom. The Hall–Kier alpha value is -2.98. The van der Waals surface area contributed by atoms with Crippen LogP contribution in [-0.4, -0.2) is 48.5 Å². The van der Waals surface area contributed by atoms with Crippen molar-refractivity contribution in [2.75, 3.05) is 18.4 Å². The topological polar surface area (TPSA) is 129 Å². The summed E-state index contributed by atoms with van der Waals surface area (Å²) in [6.45, 7) is 2.19. The Bertz CT molecular complexity index is 979. The van der Waals surface area contributed by atoms with Gasteiger partial charge in [-0.05, 0) is 31.0 Å². The summed E-state index contributed by atoms with van der Waals surface area (Å²) in [5.41, 5.74) is 0.833. The smallest absolute Gasteiger partial charge is 0.407 e. The standard InChI is InChI=1S/C19H22N4O5S/c1-13(14-5-3-2-4-6-14)22-29(27,28)16-7-8-17(20-11-16)21-18(24)15-9-10-23(12-15)19(25)26/h2-8,11,13,15,22H,9-10,12H2,1H3,(H,25,26)(H,20,21,24)/t13?,15-/m0/s1. The van der Waals surface area contributed by atoms with Crippen molar-refractivity contribution in [2.45, 2.75) is 24.3 Å². The van der Waals surface area contributed by atoms with E-state index in [0.717, 1.165) is 5.56 Å². The Labute approximate surface area is 168 Å². The lowest BCUT2D eigenvalue weighted by atomic mass is 10.1. The molecule has 1 aliphatic heterocycles. The molecule has 0 spiro atoms. The van der Waals surface area contributed by atoms with Gasteiger partial charge in [0.1, 0.15) is 10.7 Å². The van der Waals surface area contributed by atoms with Crippen molar-refractivity contribution in [1.82, 2.24) is 14.6 Å². The minimum absolute atomic E-state index is 0.0174. The van der Waals surface area contributed by atoms with Gasteiger partial charge >= 0.3 is 6.09 Å². The molecular formula is C19H22N4O5S. The predicted molar refractivity (Wildman–Crippen MR) is 106 cm³/mol. The number of aromatic nitrogens is 1. The lowest BCUT2D eigenvalue weighted by Gasteiger charge is -2.15. The van der Waals surface area contributed by atoms with Gasteiger partial charge in [0.2, 0.25) is 15.9 Å². The van der Waals surface area contributed by atoms with E-state index in [1.807, 2.05) is 30.3 Å². The van der Waals surface area contributed by atoms with E-state index >= 15 is 0 Å². The Balaban J connectivity index is 1.62. The largest absolute Gasteiger partial charge is 0.465 e. The summed E-state index contributed by atoms with van der Waals surface area (Å²) in [6, 6.07) is 11.5. The van der Waals surface area contributed by atoms with E-state index in [1.165, 1.54) is 23.2 Å². The van der Waals surface area contributed by atoms with Crippen LogP contribution in [0.2, 0.25) is 0 Å². The van der Waals surface area contributed by atoms with Crippen molar-refractivity contribution in [1.29, 1.82) is 0 Å². The van der Waals surface area contributed by atoms with Gasteiger partial charge in [-0.2, -0.15) is 0 Å². The number of carboxylic acid groups (broad SMARTS) is 1. The molecule has 1 aromatic carbocycles. The van der Waals surface area contributed by atoms with Gasteiger partial charge in [-0.3, -0.25) is 4.79 Å². The minimum atomic E-state index is -3.78. The molecule has 154 valence electrons. The van der Waals surface area contributed by atoms with Crippen LogP contribution in [0.25, 0.3) is 0 Å². The van der Waals surface area contributed by atoms with E-state index in [-0.39, 0.29) is 23.2 Å². The molecule has 1 fully saturated rings. The molecule has 2 amide bonds. The van der Waals surface area contributed by atoms with E-state index in [0.29, 0.717) is 13.0 Å². The second kappa shape index (κ2) is 8.58. The fraction of sp³-hybridized carbons (Fsp3) is 0.316. The third-order valence-electron chi connectivity index (χ3n) is 4.76. The van der Waals surface area contributed by atoms with Crippen LogP contribution in [0.4, 0.5) is 10.6 Å². The van der Waals surface area contributed by atoms with Crippen molar-refractivity contribution in [2.24, 2.45) is 5.92 Å². The van der Waals surface area contributed by atoms with Crippen LogP contribution in [0.3, 0.4) is 0 Å². The molecule has 0 aliphatic carbocycles. The third kappa shape index (κ3) is 5.09. The number of anilines is 1. The lowest BCUT2D eigenvalue weighted by Crippen LogP contribution is -2.30. The number of pyridine rings is 1. The van der Waals surface area contributed by atoms with Gasteiger partial charge in [-0.15, -0.1) is 0 Å². The summed E-state index contributed by atoms with van der Waals surface area (Å²) in [7, 11) is -3.78. The number of carbonyl (C=O) groups is 2. The molecule has 1 aromatic heterocycles. The first-order valence-corrected chi connectivity index (χ1v) is 10.6. The minimum Gasteiger partial charge on any atom is -0.465 e. The van der Waals surface area contributed by atoms with E-state index in [9.17, 15) is 18.0 Å². The number of hydrogen-bond acceptors (Lipinski definition) is 5. The highest BCUT2D eigenvalue weighted by molar-refractivity contribution is 7.89. The molecule has 0 saturated carbocycles. The Morgan fingerprint density at radius 1 is 1.21 bits per heavy atom. The normalized spacial score (nSPS) is 17.7. The van der Waals surface area contributed by atoms with Crippen LogP contribution < -0.4 is 10.0 Å². The summed E-state index contributed by atoms with van der Waals surface area (Å²) in [5.74, 6) is -0.587. The maximum absolute atomic E-state index is 12.6. The van der Waals surface area contributed by atoms with Gasteiger partial charge in [0.25, 0.3) is 0 Å². The molecule has 2 heterocycles. The second-order valence-corrected chi connectivity index (χ2v) is 8.55. The number of nitrogens with zero attached hydrogens (tertiary/aromatic N) is 2. The SMILES string of the molecule is CC(NS(=O)(=O)c1ccc(NC(=O)[C@H]2CCN(C(=O)O)C2)nc1)c1ccccc1. The summed E-state index contributed by atoms with van der Waals surface area (Å²) >= 11 is 0. The Kier molecular flexibility index (Phi) is 6.14. The van der Waals surface area contributed by atoms with Gasteiger partial charge in [-0.25, -0.2) is 22.9 Å². The average molecular weight is 418 g/mol. The number of nitrogens with one attached hydrogen (secondary N) is 2. The monoisotopic (exact) mass is 418 g/mol. The molecule has 1 saturated heterocycles. The van der Waals surface area contributed by atoms with Crippen LogP contribution in [0.15, 0.2) is 53.6 Å². The zero-order valence-corrected chi connectivity index (χ0v) is 16.6. The fourth-order valence-electron chi connectivity index (χ4n) is 3.10. The quantitative estimate of drug-likeness (QED) is 0.659. The van der Waals surface area contributed by atoms with Crippen LogP contribution in [0.1, 0.15) is 24.9 Å². The molecule has 3 N–H and O–H groups in total. The molecule has 1 aliphatic rings. The molecule has 1 unspecified atom stereocenters. The third-order valence-corrected chi connectivity index (χ3v) is 6.28. The van der Waals surface area contributed by atoms with Crippen LogP contribution in [0, 0.1) is 5.92 Å². The molecular weight excluding hydrogens is 396 g/mol. The lowest BCUT2D eigenvalue weighted by molar-refractivity contribution is -0.119. The fourth-order valence-corrected chi connectivity index (χ4v) is 4.28. The molecule has 2 aromatic rings. The summed E-state index contributed by atoms with van der Waals surface area (Å²) in [4.78, 5) is 28.4. The van der Waals surface area contributed by atoms with Crippen molar-refractivity contribution in [3.05, 3.63) is 54.2 Å². The van der Waals surface area contributed by atoms with Gasteiger partial charge < -0.3 is 15.3 Å². The first-order chi connectivity index (χ1) is 13.8. The van der Waals surface area contributed by atoms with Crippen molar-refractivity contribution in [3.63, 3.8) is 0 Å². The van der Waals surface area contributed by atoms with E-state index < -0.39 is 28.1 Å². The maximum Gasteiger partial charge on any atom is 0.407 e. The second-order valence-electron chi connectivity index (χ2n) is 6.84. The number of carbonyl (C=O) groups excluding carboxylic acids is 1. The summed E-state index contributed by atoms with van der Waals surface area (Å²) in [6.07, 6.45) is 0.560. The van der Waals surface area contributed by atoms with E-state index in [2.05, 4.69) is 15.0 Å². The van der Waals surface area contributed by atoms with Gasteiger partial charge in [0, 0.05) is 25.3 Å². The van der Waals surface area contributed by atoms with Crippen LogP contribution in [0.5, 0.6) is 0 Å². The first kappa shape index (κ1) is 20.7. The number of sulfonamides is 1. The average Bonchev–Trinajstić information content (AvgIpc) is 3.19. The van der Waals surface area contributed by atoms with Gasteiger partial charge in [0.05, 0.1) is 5.92 Å². The highest BCUT2D eigenvalue weighted by Gasteiger charge is 2.31. The highest BCUT2D eigenvalue weighted by atomic mass is 32.2. The summed E-state index contributed by atoms with van der Waals surface area (Å²) in [5, 5.41) is 11.6. The predicted octanol–water partition coefficient (Wildman–Crippen LogP) is 2.06. The first-order valence-electron chi connectivity index (χ1n) is 9.08. The van der Waals surface area contributed by atoms with Crippen molar-refractivity contribution in [3.8, 4) is 0 Å². The number of amides is 2. The van der Waals surface area contributed by atoms with Crippen molar-refractivity contribution < 1.29 is 23.1 Å². The molecule has 9 nitrogen and oxygen atoms in total. The van der Waals surface area contributed by atoms with Crippen molar-refractivity contribution >= 4 is 27.8 Å². The molecule has 2 atom stereocenters. The molecule has 10 heteroatoms. The number of benzene rings is 1. The molecule has 0 radical (unpaired) electrons. The van der Waals surface area contributed by atoms with E-state index in [1.54, 1.807) is 6.92 Å². The van der Waals surface area contributed by atoms with Gasteiger partial charge in [0.15, 0.2) is 0 Å². The molecule has 29 heavy (non-hydrogen) atoms. The highest BCUT2D eigenvalue weighted by Crippen LogP contribution is 2.20. The van der Waals surface area contributed by atoms with E-state index in [4.69, 9.17) is 5.11 Å². The number of rotatable bonds is 6. The summed E-state index contributed by atoms with van der Waals surface area (Å²) < 4.78 is 27.7. The maximum atomic E-state index is 12.6. The Morgan fingerprint density at radius 3 is 2.52 bits per heavy atom.